The summed E-state index contributed by atoms with van der Waals surface area (Å²) in [5, 5.41) is 3.29. The van der Waals surface area contributed by atoms with Crippen LogP contribution < -0.4 is 20.7 Å². The van der Waals surface area contributed by atoms with Crippen molar-refractivity contribution >= 4 is 33.0 Å². The van der Waals surface area contributed by atoms with Crippen LogP contribution in [0.15, 0.2) is 47.8 Å². The predicted molar refractivity (Wildman–Crippen MR) is 99.7 cm³/mol. The third-order valence-electron chi connectivity index (χ3n) is 4.21. The van der Waals surface area contributed by atoms with Gasteiger partial charge in [-0.15, -0.1) is 0 Å². The minimum atomic E-state index is -3.71. The van der Waals surface area contributed by atoms with Gasteiger partial charge in [-0.3, -0.25) is 9.12 Å². The molecule has 1 aromatic carbocycles. The summed E-state index contributed by atoms with van der Waals surface area (Å²) in [4.78, 5) is 10.5. The first kappa shape index (κ1) is 16.6. The molecule has 1 saturated heterocycles. The molecule has 0 unspecified atom stereocenters. The van der Waals surface area contributed by atoms with Crippen molar-refractivity contribution < 1.29 is 8.42 Å². The number of nitrogen functional groups attached to an aromatic ring is 1. The minimum absolute atomic E-state index is 0.196. The lowest BCUT2D eigenvalue weighted by Crippen LogP contribution is -2.43. The quantitative estimate of drug-likeness (QED) is 0.610. The second-order valence-electron chi connectivity index (χ2n) is 6.05. The summed E-state index contributed by atoms with van der Waals surface area (Å²) in [5.74, 6) is 0.729. The molecule has 4 rings (SSSR count). The zero-order valence-corrected chi connectivity index (χ0v) is 14.8. The molecule has 1 fully saturated rings. The topological polar surface area (TPSA) is 118 Å². The molecule has 136 valence electrons. The van der Waals surface area contributed by atoms with Gasteiger partial charge in [0.05, 0.1) is 23.0 Å². The molecule has 2 aromatic heterocycles. The van der Waals surface area contributed by atoms with Crippen molar-refractivity contribution in [3.63, 3.8) is 0 Å². The highest BCUT2D eigenvalue weighted by Crippen LogP contribution is 2.21. The number of sulfonamides is 1. The van der Waals surface area contributed by atoms with E-state index in [2.05, 4.69) is 24.9 Å². The molecule has 1 aliphatic rings. The number of aromatic nitrogens is 3. The molecule has 26 heavy (non-hydrogen) atoms. The first-order valence-electron chi connectivity index (χ1n) is 8.20. The Morgan fingerprint density at radius 1 is 1.12 bits per heavy atom. The van der Waals surface area contributed by atoms with Crippen LogP contribution in [0.4, 0.5) is 17.2 Å². The fourth-order valence-corrected chi connectivity index (χ4v) is 3.96. The van der Waals surface area contributed by atoms with E-state index in [9.17, 15) is 8.42 Å². The number of nitrogens with two attached hydrogens (primary N) is 1. The number of rotatable bonds is 4. The van der Waals surface area contributed by atoms with Crippen LogP contribution in [0.25, 0.3) is 5.78 Å². The summed E-state index contributed by atoms with van der Waals surface area (Å²) in [6.45, 7) is 3.67. The monoisotopic (exact) mass is 373 g/mol. The average molecular weight is 373 g/mol. The van der Waals surface area contributed by atoms with Gasteiger partial charge in [0.15, 0.2) is 0 Å². The largest absolute Gasteiger partial charge is 0.382 e. The zero-order valence-electron chi connectivity index (χ0n) is 14.0. The van der Waals surface area contributed by atoms with Crippen molar-refractivity contribution in [3.05, 3.63) is 42.9 Å². The number of hydrogen-bond donors (Lipinski definition) is 3. The number of benzene rings is 1. The fraction of sp³-hybridized carbons (Fsp3) is 0.250. The van der Waals surface area contributed by atoms with Gasteiger partial charge in [-0.05, 0) is 24.3 Å². The van der Waals surface area contributed by atoms with Gasteiger partial charge in [0.1, 0.15) is 5.82 Å². The van der Waals surface area contributed by atoms with Crippen LogP contribution in [0.5, 0.6) is 0 Å². The summed E-state index contributed by atoms with van der Waals surface area (Å²) in [7, 11) is -3.71. The van der Waals surface area contributed by atoms with Gasteiger partial charge in [0, 0.05) is 38.1 Å². The van der Waals surface area contributed by atoms with E-state index in [1.54, 1.807) is 28.9 Å². The molecule has 3 heterocycles. The molecule has 0 radical (unpaired) electrons. The van der Waals surface area contributed by atoms with E-state index in [1.807, 2.05) is 12.1 Å². The van der Waals surface area contributed by atoms with E-state index in [1.165, 1.54) is 6.20 Å². The summed E-state index contributed by atoms with van der Waals surface area (Å²) < 4.78 is 29.3. The van der Waals surface area contributed by atoms with Crippen LogP contribution in [0.3, 0.4) is 0 Å². The highest BCUT2D eigenvalue weighted by molar-refractivity contribution is 7.92. The number of piperazine rings is 1. The van der Waals surface area contributed by atoms with E-state index >= 15 is 0 Å². The van der Waals surface area contributed by atoms with Gasteiger partial charge in [0.2, 0.25) is 5.78 Å². The van der Waals surface area contributed by atoms with Crippen LogP contribution >= 0.6 is 0 Å². The standard InChI is InChI=1S/C16H19N7O2S/c17-15-11-23-10-12(9-19-16(23)20-15)21-26(24,25)14-3-1-13(2-4-14)22-7-5-18-6-8-22/h1-4,9-11,18,21H,5-8,17H2. The highest BCUT2D eigenvalue weighted by atomic mass is 32.2. The van der Waals surface area contributed by atoms with Gasteiger partial charge >= 0.3 is 0 Å². The number of nitrogens with one attached hydrogen (secondary N) is 2. The maximum atomic E-state index is 12.6. The third-order valence-corrected chi connectivity index (χ3v) is 5.61. The van der Waals surface area contributed by atoms with E-state index in [0.29, 0.717) is 17.3 Å². The number of hydrogen-bond acceptors (Lipinski definition) is 7. The molecule has 0 amide bonds. The van der Waals surface area contributed by atoms with Gasteiger partial charge in [-0.25, -0.2) is 13.4 Å². The Morgan fingerprint density at radius 3 is 2.58 bits per heavy atom. The van der Waals surface area contributed by atoms with Crippen molar-refractivity contribution in [2.75, 3.05) is 41.5 Å². The van der Waals surface area contributed by atoms with Crippen LogP contribution in [0, 0.1) is 0 Å². The van der Waals surface area contributed by atoms with Crippen molar-refractivity contribution in [1.29, 1.82) is 0 Å². The van der Waals surface area contributed by atoms with E-state index in [4.69, 9.17) is 5.73 Å². The number of fused-ring (bicyclic) bond motifs is 1. The first-order valence-corrected chi connectivity index (χ1v) is 9.68. The van der Waals surface area contributed by atoms with Crippen LogP contribution in [0.1, 0.15) is 0 Å². The molecule has 3 aromatic rings. The summed E-state index contributed by atoms with van der Waals surface area (Å²) >= 11 is 0. The molecule has 0 bridgehead atoms. The predicted octanol–water partition coefficient (Wildman–Crippen LogP) is 0.522. The second kappa shape index (κ2) is 6.46. The lowest BCUT2D eigenvalue weighted by molar-refractivity contribution is 0.589. The molecule has 0 saturated carbocycles. The lowest BCUT2D eigenvalue weighted by atomic mass is 10.2. The Morgan fingerprint density at radius 2 is 1.85 bits per heavy atom. The van der Waals surface area contributed by atoms with Crippen LogP contribution in [-0.4, -0.2) is 49.0 Å². The van der Waals surface area contributed by atoms with Gasteiger partial charge in [-0.1, -0.05) is 0 Å². The SMILES string of the molecule is Nc1cn2cc(NS(=O)(=O)c3ccc(N4CCNCC4)cc3)cnc2n1. The van der Waals surface area contributed by atoms with Crippen molar-refractivity contribution in [2.45, 2.75) is 4.90 Å². The maximum absolute atomic E-state index is 12.6. The molecule has 10 heteroatoms. The molecule has 0 atom stereocenters. The van der Waals surface area contributed by atoms with Crippen LogP contribution in [0.2, 0.25) is 0 Å². The summed E-state index contributed by atoms with van der Waals surface area (Å²) in [6.07, 6.45) is 4.56. The molecule has 1 aliphatic heterocycles. The Hall–Kier alpha value is -2.85. The smallest absolute Gasteiger partial charge is 0.261 e. The van der Waals surface area contributed by atoms with Gasteiger partial charge in [-0.2, -0.15) is 4.98 Å². The Kier molecular flexibility index (Phi) is 4.13. The molecular formula is C16H19N7O2S. The normalized spacial score (nSPS) is 15.3. The molecule has 0 aliphatic carbocycles. The second-order valence-corrected chi connectivity index (χ2v) is 7.73. The maximum Gasteiger partial charge on any atom is 0.261 e. The number of nitrogens with zero attached hydrogens (tertiary/aromatic N) is 4. The van der Waals surface area contributed by atoms with Gasteiger partial charge < -0.3 is 16.0 Å². The summed E-state index contributed by atoms with van der Waals surface area (Å²) in [6, 6.07) is 6.89. The number of anilines is 3. The Balaban J connectivity index is 1.55. The zero-order chi connectivity index (χ0) is 18.1. The van der Waals surface area contributed by atoms with Crippen molar-refractivity contribution in [3.8, 4) is 0 Å². The molecular weight excluding hydrogens is 354 g/mol. The summed E-state index contributed by atoms with van der Waals surface area (Å²) in [5.41, 5.74) is 6.97. The highest BCUT2D eigenvalue weighted by Gasteiger charge is 2.16. The molecule has 9 nitrogen and oxygen atoms in total. The van der Waals surface area contributed by atoms with Crippen molar-refractivity contribution in [1.82, 2.24) is 19.7 Å². The lowest BCUT2D eigenvalue weighted by Gasteiger charge is -2.29. The van der Waals surface area contributed by atoms with E-state index in [-0.39, 0.29) is 4.90 Å². The van der Waals surface area contributed by atoms with Crippen LogP contribution in [-0.2, 0) is 10.0 Å². The molecule has 0 spiro atoms. The van der Waals surface area contributed by atoms with Gasteiger partial charge in [0.25, 0.3) is 10.0 Å². The van der Waals surface area contributed by atoms with Crippen molar-refractivity contribution in [2.24, 2.45) is 0 Å². The minimum Gasteiger partial charge on any atom is -0.382 e. The fourth-order valence-electron chi connectivity index (χ4n) is 2.93. The Labute approximate surface area is 150 Å². The van der Waals surface area contributed by atoms with E-state index < -0.39 is 10.0 Å². The first-order chi connectivity index (χ1) is 12.5. The average Bonchev–Trinajstić information content (AvgIpc) is 3.01. The third kappa shape index (κ3) is 3.28. The van der Waals surface area contributed by atoms with E-state index in [0.717, 1.165) is 31.9 Å². The number of imidazole rings is 1. The molecule has 4 N–H and O–H groups in total. The Bertz CT molecular complexity index is 1020.